The van der Waals surface area contributed by atoms with Gasteiger partial charge in [-0.2, -0.15) is 0 Å². The van der Waals surface area contributed by atoms with E-state index >= 15 is 0 Å². The van der Waals surface area contributed by atoms with Crippen molar-refractivity contribution in [3.63, 3.8) is 0 Å². The monoisotopic (exact) mass is 333 g/mol. The summed E-state index contributed by atoms with van der Waals surface area (Å²) >= 11 is 5.14. The van der Waals surface area contributed by atoms with Crippen molar-refractivity contribution in [1.82, 2.24) is 10.3 Å². The van der Waals surface area contributed by atoms with E-state index in [-0.39, 0.29) is 11.0 Å². The van der Waals surface area contributed by atoms with Gasteiger partial charge in [-0.1, -0.05) is 42.5 Å². The topological polar surface area (TPSA) is 54.0 Å². The average molecular weight is 333 g/mol. The highest BCUT2D eigenvalue weighted by molar-refractivity contribution is 7.80. The lowest BCUT2D eigenvalue weighted by Crippen LogP contribution is -2.34. The molecular weight excluding hydrogens is 318 g/mol. The molecule has 0 saturated heterocycles. The first kappa shape index (κ1) is 15.8. The highest BCUT2D eigenvalue weighted by Crippen LogP contribution is 2.19. The van der Waals surface area contributed by atoms with Crippen LogP contribution in [0.4, 0.5) is 5.69 Å². The first-order valence-electron chi connectivity index (χ1n) is 7.40. The summed E-state index contributed by atoms with van der Waals surface area (Å²) in [6.45, 7) is 0. The Morgan fingerprint density at radius 2 is 1.58 bits per heavy atom. The molecule has 1 amide bonds. The number of carbonyl (C=O) groups is 1. The van der Waals surface area contributed by atoms with Crippen molar-refractivity contribution in [3.05, 3.63) is 84.7 Å². The minimum Gasteiger partial charge on any atom is -0.331 e. The van der Waals surface area contributed by atoms with Gasteiger partial charge in [0.1, 0.15) is 0 Å². The van der Waals surface area contributed by atoms with Crippen LogP contribution < -0.4 is 10.6 Å². The molecule has 4 nitrogen and oxygen atoms in total. The molecule has 0 spiro atoms. The predicted octanol–water partition coefficient (Wildman–Crippen LogP) is 3.88. The van der Waals surface area contributed by atoms with Crippen molar-refractivity contribution in [1.29, 1.82) is 0 Å². The number of nitrogens with zero attached hydrogens (tertiary/aromatic N) is 1. The van der Waals surface area contributed by atoms with Gasteiger partial charge in [0.25, 0.3) is 5.91 Å². The van der Waals surface area contributed by atoms with E-state index in [9.17, 15) is 4.79 Å². The second-order valence-corrected chi connectivity index (χ2v) is 5.50. The summed E-state index contributed by atoms with van der Waals surface area (Å²) in [4.78, 5) is 16.2. The van der Waals surface area contributed by atoms with Crippen molar-refractivity contribution in [2.24, 2.45) is 0 Å². The van der Waals surface area contributed by atoms with Gasteiger partial charge in [-0.15, -0.1) is 0 Å². The van der Waals surface area contributed by atoms with Gasteiger partial charge in [0.15, 0.2) is 5.11 Å². The number of thiocarbonyl (C=S) groups is 1. The SMILES string of the molecule is O=C(NC(=S)Nc1cccnc1)c1ccc(-c2ccccc2)cc1. The van der Waals surface area contributed by atoms with Crippen LogP contribution in [0.2, 0.25) is 0 Å². The number of nitrogens with one attached hydrogen (secondary N) is 2. The molecule has 0 unspecified atom stereocenters. The molecule has 0 fully saturated rings. The zero-order valence-corrected chi connectivity index (χ0v) is 13.6. The number of benzene rings is 2. The van der Waals surface area contributed by atoms with Crippen molar-refractivity contribution < 1.29 is 4.79 Å². The number of rotatable bonds is 3. The van der Waals surface area contributed by atoms with Crippen LogP contribution in [0.3, 0.4) is 0 Å². The Bertz CT molecular complexity index is 834. The maximum Gasteiger partial charge on any atom is 0.257 e. The summed E-state index contributed by atoms with van der Waals surface area (Å²) in [7, 11) is 0. The smallest absolute Gasteiger partial charge is 0.257 e. The molecule has 0 radical (unpaired) electrons. The van der Waals surface area contributed by atoms with Gasteiger partial charge in [-0.25, -0.2) is 0 Å². The van der Waals surface area contributed by atoms with Crippen LogP contribution in [-0.4, -0.2) is 16.0 Å². The lowest BCUT2D eigenvalue weighted by molar-refractivity contribution is 0.0978. The number of aromatic nitrogens is 1. The van der Waals surface area contributed by atoms with Gasteiger partial charge in [0.05, 0.1) is 11.9 Å². The van der Waals surface area contributed by atoms with E-state index in [4.69, 9.17) is 12.2 Å². The molecule has 3 rings (SSSR count). The fraction of sp³-hybridized carbons (Fsp3) is 0. The van der Waals surface area contributed by atoms with Crippen LogP contribution in [0.15, 0.2) is 79.1 Å². The fourth-order valence-corrected chi connectivity index (χ4v) is 2.43. The van der Waals surface area contributed by atoms with Crippen molar-refractivity contribution in [3.8, 4) is 11.1 Å². The molecule has 24 heavy (non-hydrogen) atoms. The Morgan fingerprint density at radius 3 is 2.25 bits per heavy atom. The largest absolute Gasteiger partial charge is 0.331 e. The molecule has 0 bridgehead atoms. The minimum absolute atomic E-state index is 0.236. The molecular formula is C19H15N3OS. The second kappa shape index (κ2) is 7.48. The van der Waals surface area contributed by atoms with Crippen LogP contribution in [0.1, 0.15) is 10.4 Å². The number of hydrogen-bond donors (Lipinski definition) is 2. The third-order valence-corrected chi connectivity index (χ3v) is 3.60. The minimum atomic E-state index is -0.254. The van der Waals surface area contributed by atoms with Gasteiger partial charge in [-0.05, 0) is 47.6 Å². The summed E-state index contributed by atoms with van der Waals surface area (Å²) in [5.41, 5.74) is 3.44. The van der Waals surface area contributed by atoms with E-state index in [1.54, 1.807) is 30.6 Å². The summed E-state index contributed by atoms with van der Waals surface area (Å²) in [5.74, 6) is -0.254. The van der Waals surface area contributed by atoms with Gasteiger partial charge in [0, 0.05) is 11.8 Å². The molecule has 0 aliphatic rings. The molecule has 5 heteroatoms. The third kappa shape index (κ3) is 4.02. The number of hydrogen-bond acceptors (Lipinski definition) is 3. The van der Waals surface area contributed by atoms with Crippen LogP contribution >= 0.6 is 12.2 Å². The molecule has 0 atom stereocenters. The normalized spacial score (nSPS) is 10.0. The second-order valence-electron chi connectivity index (χ2n) is 5.09. The summed E-state index contributed by atoms with van der Waals surface area (Å²) in [6.07, 6.45) is 3.30. The van der Waals surface area contributed by atoms with Crippen molar-refractivity contribution in [2.45, 2.75) is 0 Å². The number of pyridine rings is 1. The van der Waals surface area contributed by atoms with E-state index in [0.717, 1.165) is 16.8 Å². The molecule has 3 aromatic rings. The molecule has 0 aliphatic heterocycles. The predicted molar refractivity (Wildman–Crippen MR) is 99.8 cm³/mol. The van der Waals surface area contributed by atoms with Gasteiger partial charge < -0.3 is 5.32 Å². The van der Waals surface area contributed by atoms with Crippen LogP contribution in [-0.2, 0) is 0 Å². The Labute approximate surface area is 145 Å². The standard InChI is InChI=1S/C19H15N3OS/c23-18(22-19(24)21-17-7-4-12-20-13-17)16-10-8-15(9-11-16)14-5-2-1-3-6-14/h1-13H,(H2,21,22,23,24). The molecule has 118 valence electrons. The van der Waals surface area contributed by atoms with Gasteiger partial charge >= 0.3 is 0 Å². The van der Waals surface area contributed by atoms with Crippen molar-refractivity contribution in [2.75, 3.05) is 5.32 Å². The first-order valence-corrected chi connectivity index (χ1v) is 7.81. The average Bonchev–Trinajstić information content (AvgIpc) is 2.63. The zero-order valence-electron chi connectivity index (χ0n) is 12.8. The maximum absolute atomic E-state index is 12.2. The highest BCUT2D eigenvalue weighted by Gasteiger charge is 2.08. The van der Waals surface area contributed by atoms with Gasteiger partial charge in [0.2, 0.25) is 0 Å². The maximum atomic E-state index is 12.2. The first-order chi connectivity index (χ1) is 11.7. The highest BCUT2D eigenvalue weighted by atomic mass is 32.1. The van der Waals surface area contributed by atoms with E-state index in [1.165, 1.54) is 0 Å². The summed E-state index contributed by atoms with van der Waals surface area (Å²) in [5, 5.41) is 5.81. The van der Waals surface area contributed by atoms with E-state index < -0.39 is 0 Å². The lowest BCUT2D eigenvalue weighted by atomic mass is 10.0. The van der Waals surface area contributed by atoms with Crippen molar-refractivity contribution >= 4 is 28.9 Å². The molecule has 0 saturated carbocycles. The van der Waals surface area contributed by atoms with E-state index in [2.05, 4.69) is 15.6 Å². The van der Waals surface area contributed by atoms with Crippen LogP contribution in [0.5, 0.6) is 0 Å². The Hall–Kier alpha value is -3.05. The Balaban J connectivity index is 1.64. The quantitative estimate of drug-likeness (QED) is 0.714. The Morgan fingerprint density at radius 1 is 0.875 bits per heavy atom. The zero-order chi connectivity index (χ0) is 16.8. The van der Waals surface area contributed by atoms with Crippen LogP contribution in [0.25, 0.3) is 11.1 Å². The summed E-state index contributed by atoms with van der Waals surface area (Å²) in [6, 6.07) is 21.0. The number of carbonyl (C=O) groups excluding carboxylic acids is 1. The molecule has 1 heterocycles. The Kier molecular flexibility index (Phi) is 4.93. The summed E-state index contributed by atoms with van der Waals surface area (Å²) < 4.78 is 0. The lowest BCUT2D eigenvalue weighted by Gasteiger charge is -2.09. The fourth-order valence-electron chi connectivity index (χ4n) is 2.22. The third-order valence-electron chi connectivity index (χ3n) is 3.40. The molecule has 1 aromatic heterocycles. The van der Waals surface area contributed by atoms with E-state index in [0.29, 0.717) is 5.56 Å². The number of amides is 1. The molecule has 2 aromatic carbocycles. The molecule has 0 aliphatic carbocycles. The van der Waals surface area contributed by atoms with Gasteiger partial charge in [-0.3, -0.25) is 15.1 Å². The van der Waals surface area contributed by atoms with Crippen LogP contribution in [0, 0.1) is 0 Å². The molecule has 2 N–H and O–H groups in total. The number of anilines is 1. The van der Waals surface area contributed by atoms with E-state index in [1.807, 2.05) is 48.5 Å².